The number of rotatable bonds is 6. The van der Waals surface area contributed by atoms with Crippen LogP contribution in [0.15, 0.2) is 48.5 Å². The van der Waals surface area contributed by atoms with E-state index in [1.165, 1.54) is 11.1 Å². The first kappa shape index (κ1) is 16.4. The van der Waals surface area contributed by atoms with Crippen LogP contribution in [0.5, 0.6) is 0 Å². The van der Waals surface area contributed by atoms with Crippen molar-refractivity contribution in [3.8, 4) is 0 Å². The summed E-state index contributed by atoms with van der Waals surface area (Å²) in [4.78, 5) is 0. The van der Waals surface area contributed by atoms with Crippen LogP contribution in [0.1, 0.15) is 49.9 Å². The van der Waals surface area contributed by atoms with Crippen LogP contribution in [0.25, 0.3) is 0 Å². The molecule has 1 unspecified atom stereocenters. The Bertz CT molecular complexity index is 548. The molecule has 2 aromatic carbocycles. The molecular formula is C18H21Cl2N. The van der Waals surface area contributed by atoms with Crippen LogP contribution in [0.2, 0.25) is 10.0 Å². The molecule has 0 aromatic heterocycles. The highest BCUT2D eigenvalue weighted by Gasteiger charge is 2.14. The number of nitrogens with one attached hydrogen (secondary N) is 1. The number of halogens is 2. The van der Waals surface area contributed by atoms with Gasteiger partial charge in [0.05, 0.1) is 0 Å². The summed E-state index contributed by atoms with van der Waals surface area (Å²) in [6.07, 6.45) is 2.23. The smallest absolute Gasteiger partial charge is 0.0406 e. The van der Waals surface area contributed by atoms with Crippen molar-refractivity contribution in [3.63, 3.8) is 0 Å². The lowest BCUT2D eigenvalue weighted by molar-refractivity contribution is 0.439. The molecule has 0 radical (unpaired) electrons. The Morgan fingerprint density at radius 3 is 1.81 bits per heavy atom. The largest absolute Gasteiger partial charge is 0.303 e. The van der Waals surface area contributed by atoms with Gasteiger partial charge in [-0.1, -0.05) is 60.8 Å². The molecule has 21 heavy (non-hydrogen) atoms. The zero-order chi connectivity index (χ0) is 15.2. The molecule has 2 rings (SSSR count). The molecule has 0 spiro atoms. The van der Waals surface area contributed by atoms with Crippen molar-refractivity contribution in [1.29, 1.82) is 0 Å². The Balaban J connectivity index is 2.11. The minimum absolute atomic E-state index is 0.273. The Hall–Kier alpha value is -1.02. The summed E-state index contributed by atoms with van der Waals surface area (Å²) in [7, 11) is 0. The highest BCUT2D eigenvalue weighted by atomic mass is 35.5. The third-order valence-electron chi connectivity index (χ3n) is 3.67. The van der Waals surface area contributed by atoms with Gasteiger partial charge in [0.25, 0.3) is 0 Å². The molecule has 0 heterocycles. The number of hydrogen-bond donors (Lipinski definition) is 1. The fourth-order valence-corrected chi connectivity index (χ4v) is 2.73. The van der Waals surface area contributed by atoms with E-state index in [0.29, 0.717) is 6.04 Å². The number of hydrogen-bond acceptors (Lipinski definition) is 1. The number of benzene rings is 2. The maximum Gasteiger partial charge on any atom is 0.0406 e. The lowest BCUT2D eigenvalue weighted by Crippen LogP contribution is -2.24. The summed E-state index contributed by atoms with van der Waals surface area (Å²) in [6.45, 7) is 4.39. The average Bonchev–Trinajstić information content (AvgIpc) is 2.48. The molecule has 1 nitrogen and oxygen atoms in total. The van der Waals surface area contributed by atoms with Gasteiger partial charge in [0.15, 0.2) is 0 Å². The van der Waals surface area contributed by atoms with Gasteiger partial charge in [-0.05, 0) is 48.7 Å². The zero-order valence-electron chi connectivity index (χ0n) is 12.4. The van der Waals surface area contributed by atoms with E-state index in [-0.39, 0.29) is 6.04 Å². The second-order valence-electron chi connectivity index (χ2n) is 5.33. The molecule has 0 amide bonds. The minimum atomic E-state index is 0.273. The molecule has 3 heteroatoms. The first-order valence-electron chi connectivity index (χ1n) is 7.37. The second-order valence-corrected chi connectivity index (χ2v) is 6.21. The van der Waals surface area contributed by atoms with Crippen LogP contribution in [-0.2, 0) is 0 Å². The monoisotopic (exact) mass is 321 g/mol. The van der Waals surface area contributed by atoms with Gasteiger partial charge >= 0.3 is 0 Å². The first-order chi connectivity index (χ1) is 10.1. The van der Waals surface area contributed by atoms with Crippen molar-refractivity contribution < 1.29 is 0 Å². The van der Waals surface area contributed by atoms with Crippen LogP contribution < -0.4 is 5.32 Å². The van der Waals surface area contributed by atoms with Gasteiger partial charge in [0.2, 0.25) is 0 Å². The summed E-state index contributed by atoms with van der Waals surface area (Å²) in [5.74, 6) is 0. The summed E-state index contributed by atoms with van der Waals surface area (Å²) >= 11 is 11.9. The van der Waals surface area contributed by atoms with E-state index < -0.39 is 0 Å². The van der Waals surface area contributed by atoms with Crippen LogP contribution in [-0.4, -0.2) is 0 Å². The molecule has 0 saturated carbocycles. The van der Waals surface area contributed by atoms with Crippen molar-refractivity contribution in [3.05, 3.63) is 69.7 Å². The van der Waals surface area contributed by atoms with Gasteiger partial charge in [0, 0.05) is 22.1 Å². The molecule has 1 N–H and O–H groups in total. The van der Waals surface area contributed by atoms with Crippen molar-refractivity contribution in [2.24, 2.45) is 0 Å². The minimum Gasteiger partial charge on any atom is -0.303 e. The van der Waals surface area contributed by atoms with E-state index in [4.69, 9.17) is 23.2 Å². The molecule has 0 aliphatic rings. The normalized spacial score (nSPS) is 13.9. The van der Waals surface area contributed by atoms with Crippen molar-refractivity contribution in [1.82, 2.24) is 5.32 Å². The summed E-state index contributed by atoms with van der Waals surface area (Å²) < 4.78 is 0. The van der Waals surface area contributed by atoms with E-state index in [0.717, 1.165) is 22.9 Å². The quantitative estimate of drug-likeness (QED) is 0.669. The third kappa shape index (κ3) is 4.74. The Morgan fingerprint density at radius 2 is 1.33 bits per heavy atom. The van der Waals surface area contributed by atoms with Crippen LogP contribution in [0.3, 0.4) is 0 Å². The Morgan fingerprint density at radius 1 is 0.857 bits per heavy atom. The Labute approximate surface area is 137 Å². The summed E-state index contributed by atoms with van der Waals surface area (Å²) in [5.41, 5.74) is 2.52. The zero-order valence-corrected chi connectivity index (χ0v) is 14.0. The second kappa shape index (κ2) is 7.84. The fraction of sp³-hybridized carbons (Fsp3) is 0.333. The first-order valence-corrected chi connectivity index (χ1v) is 8.12. The lowest BCUT2D eigenvalue weighted by Gasteiger charge is -2.24. The van der Waals surface area contributed by atoms with Crippen LogP contribution in [0.4, 0.5) is 0 Å². The predicted octanol–water partition coefficient (Wildman–Crippen LogP) is 6.19. The van der Waals surface area contributed by atoms with E-state index in [1.807, 2.05) is 24.3 Å². The molecule has 0 saturated heterocycles. The molecule has 112 valence electrons. The van der Waals surface area contributed by atoms with Gasteiger partial charge in [-0.3, -0.25) is 0 Å². The SMILES string of the molecule is CCCC(N[C@@H](C)c1ccc(Cl)cc1)c1ccc(Cl)cc1. The summed E-state index contributed by atoms with van der Waals surface area (Å²) in [5, 5.41) is 5.25. The average molecular weight is 322 g/mol. The van der Waals surface area contributed by atoms with Crippen LogP contribution >= 0.6 is 23.2 Å². The van der Waals surface area contributed by atoms with E-state index in [1.54, 1.807) is 0 Å². The topological polar surface area (TPSA) is 12.0 Å². The van der Waals surface area contributed by atoms with Gasteiger partial charge < -0.3 is 5.32 Å². The molecule has 0 aliphatic carbocycles. The van der Waals surface area contributed by atoms with Crippen molar-refractivity contribution in [2.45, 2.75) is 38.8 Å². The van der Waals surface area contributed by atoms with Gasteiger partial charge in [0.1, 0.15) is 0 Å². The third-order valence-corrected chi connectivity index (χ3v) is 4.17. The fourth-order valence-electron chi connectivity index (χ4n) is 2.48. The molecule has 0 fully saturated rings. The van der Waals surface area contributed by atoms with Gasteiger partial charge in [-0.15, -0.1) is 0 Å². The van der Waals surface area contributed by atoms with E-state index in [9.17, 15) is 0 Å². The maximum atomic E-state index is 5.98. The van der Waals surface area contributed by atoms with Gasteiger partial charge in [-0.2, -0.15) is 0 Å². The van der Waals surface area contributed by atoms with E-state index >= 15 is 0 Å². The van der Waals surface area contributed by atoms with E-state index in [2.05, 4.69) is 43.4 Å². The molecule has 0 aliphatic heterocycles. The van der Waals surface area contributed by atoms with Gasteiger partial charge in [-0.25, -0.2) is 0 Å². The lowest BCUT2D eigenvalue weighted by atomic mass is 9.99. The molecule has 2 atom stereocenters. The molecule has 2 aromatic rings. The predicted molar refractivity (Wildman–Crippen MR) is 92.1 cm³/mol. The summed E-state index contributed by atoms with van der Waals surface area (Å²) in [6, 6.07) is 16.7. The molecule has 0 bridgehead atoms. The highest BCUT2D eigenvalue weighted by molar-refractivity contribution is 6.30. The van der Waals surface area contributed by atoms with Crippen molar-refractivity contribution >= 4 is 23.2 Å². The van der Waals surface area contributed by atoms with Crippen LogP contribution in [0, 0.1) is 0 Å². The standard InChI is InChI=1S/C18H21Cl2N/c1-3-4-18(15-7-11-17(20)12-8-15)21-13(2)14-5-9-16(19)10-6-14/h5-13,18,21H,3-4H2,1-2H3/t13-,18?/m0/s1. The Kier molecular flexibility index (Phi) is 6.10. The highest BCUT2D eigenvalue weighted by Crippen LogP contribution is 2.25. The van der Waals surface area contributed by atoms with Crippen molar-refractivity contribution in [2.75, 3.05) is 0 Å². The molecular weight excluding hydrogens is 301 g/mol. The maximum absolute atomic E-state index is 5.98.